The van der Waals surface area contributed by atoms with Gasteiger partial charge in [-0.2, -0.15) is 0 Å². The van der Waals surface area contributed by atoms with E-state index in [1.165, 1.54) is 6.92 Å². The molecule has 1 unspecified atom stereocenters. The summed E-state index contributed by atoms with van der Waals surface area (Å²) in [6.45, 7) is 1.42. The van der Waals surface area contributed by atoms with Crippen LogP contribution in [0.15, 0.2) is 35.2 Å². The predicted octanol–water partition coefficient (Wildman–Crippen LogP) is 2.10. The van der Waals surface area contributed by atoms with Crippen molar-refractivity contribution in [3.63, 3.8) is 0 Å². The van der Waals surface area contributed by atoms with Gasteiger partial charge in [0.05, 0.1) is 6.42 Å². The first-order chi connectivity index (χ1) is 7.44. The summed E-state index contributed by atoms with van der Waals surface area (Å²) in [6, 6.07) is 8.90. The van der Waals surface area contributed by atoms with Crippen molar-refractivity contribution in [2.45, 2.75) is 23.0 Å². The van der Waals surface area contributed by atoms with Crippen molar-refractivity contribution in [3.05, 3.63) is 30.3 Å². The molecule has 1 aromatic rings. The topological polar surface area (TPSA) is 74.6 Å². The Labute approximate surface area is 97.3 Å². The van der Waals surface area contributed by atoms with Crippen LogP contribution in [0.3, 0.4) is 0 Å². The van der Waals surface area contributed by atoms with Crippen LogP contribution in [0.2, 0.25) is 0 Å². The van der Waals surface area contributed by atoms with Gasteiger partial charge in [-0.15, -0.1) is 11.8 Å². The molecule has 2 N–H and O–H groups in total. The van der Waals surface area contributed by atoms with Gasteiger partial charge in [0.2, 0.25) is 0 Å². The fourth-order valence-corrected chi connectivity index (χ4v) is 2.29. The van der Waals surface area contributed by atoms with Crippen LogP contribution in [0.5, 0.6) is 0 Å². The lowest BCUT2D eigenvalue weighted by molar-refractivity contribution is -0.145. The van der Waals surface area contributed by atoms with E-state index in [1.54, 1.807) is 24.3 Å². The lowest BCUT2D eigenvalue weighted by Gasteiger charge is -2.21. The molecule has 4 nitrogen and oxygen atoms in total. The lowest BCUT2D eigenvalue weighted by atomic mass is 10.1. The molecule has 1 aromatic carbocycles. The molecule has 0 radical (unpaired) electrons. The molecule has 0 aliphatic heterocycles. The van der Waals surface area contributed by atoms with E-state index < -0.39 is 23.1 Å². The van der Waals surface area contributed by atoms with Crippen LogP contribution in [-0.4, -0.2) is 26.9 Å². The van der Waals surface area contributed by atoms with E-state index in [0.717, 1.165) is 16.7 Å². The molecule has 0 aliphatic carbocycles. The molecule has 1 rings (SSSR count). The van der Waals surface area contributed by atoms with Gasteiger partial charge >= 0.3 is 11.9 Å². The molecular formula is C11H12O4S. The van der Waals surface area contributed by atoms with E-state index in [9.17, 15) is 9.59 Å². The predicted molar refractivity (Wildman–Crippen MR) is 60.6 cm³/mol. The Morgan fingerprint density at radius 2 is 1.81 bits per heavy atom. The average Bonchev–Trinajstić information content (AvgIpc) is 2.17. The van der Waals surface area contributed by atoms with E-state index in [0.29, 0.717) is 0 Å². The first-order valence-electron chi connectivity index (χ1n) is 4.63. The van der Waals surface area contributed by atoms with E-state index in [2.05, 4.69) is 0 Å². The number of thioether (sulfide) groups is 1. The minimum Gasteiger partial charge on any atom is -0.481 e. The van der Waals surface area contributed by atoms with Crippen LogP contribution in [0.25, 0.3) is 0 Å². The highest BCUT2D eigenvalue weighted by Crippen LogP contribution is 2.35. The van der Waals surface area contributed by atoms with Gasteiger partial charge in [0, 0.05) is 4.90 Å². The number of rotatable bonds is 5. The van der Waals surface area contributed by atoms with Crippen LogP contribution in [0.4, 0.5) is 0 Å². The van der Waals surface area contributed by atoms with E-state index in [1.807, 2.05) is 6.07 Å². The maximum atomic E-state index is 11.1. The molecule has 0 aliphatic rings. The summed E-state index contributed by atoms with van der Waals surface area (Å²) in [4.78, 5) is 22.5. The number of benzene rings is 1. The third kappa shape index (κ3) is 3.27. The Morgan fingerprint density at radius 1 is 1.25 bits per heavy atom. The van der Waals surface area contributed by atoms with Gasteiger partial charge in [-0.25, -0.2) is 0 Å². The second-order valence-electron chi connectivity index (χ2n) is 3.52. The van der Waals surface area contributed by atoms with Gasteiger partial charge in [-0.3, -0.25) is 9.59 Å². The van der Waals surface area contributed by atoms with Gasteiger partial charge < -0.3 is 10.2 Å². The first kappa shape index (κ1) is 12.6. The van der Waals surface area contributed by atoms with Crippen LogP contribution in [-0.2, 0) is 9.59 Å². The highest BCUT2D eigenvalue weighted by Gasteiger charge is 2.36. The van der Waals surface area contributed by atoms with Crippen LogP contribution < -0.4 is 0 Å². The number of carbonyl (C=O) groups is 2. The van der Waals surface area contributed by atoms with Crippen molar-refractivity contribution < 1.29 is 19.8 Å². The summed E-state index contributed by atoms with van der Waals surface area (Å²) in [5.74, 6) is -2.24. The van der Waals surface area contributed by atoms with Crippen LogP contribution >= 0.6 is 11.8 Å². The molecule has 0 bridgehead atoms. The molecule has 0 saturated carbocycles. The molecule has 1 atom stereocenters. The molecule has 0 fully saturated rings. The van der Waals surface area contributed by atoms with Crippen molar-refractivity contribution in [1.29, 1.82) is 0 Å². The minimum absolute atomic E-state index is 0.415. The number of carboxylic acids is 2. The Kier molecular flexibility index (Phi) is 3.95. The highest BCUT2D eigenvalue weighted by molar-refractivity contribution is 8.01. The van der Waals surface area contributed by atoms with Gasteiger partial charge in [0.15, 0.2) is 0 Å². The monoisotopic (exact) mass is 240 g/mol. The summed E-state index contributed by atoms with van der Waals surface area (Å²) in [5.41, 5.74) is 0. The van der Waals surface area contributed by atoms with Crippen molar-refractivity contribution in [1.82, 2.24) is 0 Å². The second-order valence-corrected chi connectivity index (χ2v) is 5.10. The van der Waals surface area contributed by atoms with Crippen LogP contribution in [0.1, 0.15) is 13.3 Å². The summed E-state index contributed by atoms with van der Waals surface area (Å²) >= 11 is 1.05. The maximum absolute atomic E-state index is 11.1. The second kappa shape index (κ2) is 5.03. The number of aliphatic carboxylic acids is 2. The fourth-order valence-electron chi connectivity index (χ4n) is 1.19. The summed E-state index contributed by atoms with van der Waals surface area (Å²) in [5, 5.41) is 17.8. The molecule has 16 heavy (non-hydrogen) atoms. The van der Waals surface area contributed by atoms with E-state index in [4.69, 9.17) is 10.2 Å². The number of hydrogen-bond acceptors (Lipinski definition) is 3. The number of carboxylic acid groups (broad SMARTS) is 2. The Hall–Kier alpha value is -1.49. The van der Waals surface area contributed by atoms with Gasteiger partial charge in [0.1, 0.15) is 4.75 Å². The molecule has 0 saturated heterocycles. The molecule has 0 spiro atoms. The van der Waals surface area contributed by atoms with Crippen molar-refractivity contribution in [3.8, 4) is 0 Å². The van der Waals surface area contributed by atoms with E-state index >= 15 is 0 Å². The smallest absolute Gasteiger partial charge is 0.320 e. The zero-order valence-electron chi connectivity index (χ0n) is 8.71. The van der Waals surface area contributed by atoms with Crippen molar-refractivity contribution in [2.75, 3.05) is 0 Å². The fraction of sp³-hybridized carbons (Fsp3) is 0.273. The Balaban J connectivity index is 2.87. The van der Waals surface area contributed by atoms with Crippen molar-refractivity contribution >= 4 is 23.7 Å². The average molecular weight is 240 g/mol. The zero-order chi connectivity index (χ0) is 12.2. The standard InChI is InChI=1S/C11H12O4S/c1-11(10(14)15,7-9(12)13)16-8-5-3-2-4-6-8/h2-6H,7H2,1H3,(H,12,13)(H,14,15). The summed E-state index contributed by atoms with van der Waals surface area (Å²) < 4.78 is -1.34. The maximum Gasteiger partial charge on any atom is 0.320 e. The van der Waals surface area contributed by atoms with Crippen LogP contribution in [0, 0.1) is 0 Å². The third-order valence-corrected chi connectivity index (χ3v) is 3.30. The quantitative estimate of drug-likeness (QED) is 0.771. The van der Waals surface area contributed by atoms with Crippen molar-refractivity contribution in [2.24, 2.45) is 0 Å². The minimum atomic E-state index is -1.34. The van der Waals surface area contributed by atoms with Gasteiger partial charge in [-0.1, -0.05) is 18.2 Å². The van der Waals surface area contributed by atoms with E-state index in [-0.39, 0.29) is 0 Å². The lowest BCUT2D eigenvalue weighted by Crippen LogP contribution is -2.34. The largest absolute Gasteiger partial charge is 0.481 e. The SMILES string of the molecule is CC(CC(=O)O)(Sc1ccccc1)C(=O)O. The third-order valence-electron chi connectivity index (χ3n) is 2.03. The summed E-state index contributed by atoms with van der Waals surface area (Å²) in [7, 11) is 0. The number of hydrogen-bond donors (Lipinski definition) is 2. The molecule has 86 valence electrons. The molecule has 0 amide bonds. The normalized spacial score (nSPS) is 14.1. The first-order valence-corrected chi connectivity index (χ1v) is 5.45. The molecule has 5 heteroatoms. The van der Waals surface area contributed by atoms with Gasteiger partial charge in [-0.05, 0) is 19.1 Å². The van der Waals surface area contributed by atoms with Gasteiger partial charge in [0.25, 0.3) is 0 Å². The zero-order valence-corrected chi connectivity index (χ0v) is 9.53. The molecular weight excluding hydrogens is 228 g/mol. The Morgan fingerprint density at radius 3 is 2.25 bits per heavy atom. The highest BCUT2D eigenvalue weighted by atomic mass is 32.2. The molecule has 0 heterocycles. The molecule has 0 aromatic heterocycles. The Bertz CT molecular complexity index is 390. The summed E-state index contributed by atoms with van der Waals surface area (Å²) in [6.07, 6.45) is -0.415.